The van der Waals surface area contributed by atoms with Crippen molar-refractivity contribution in [1.82, 2.24) is 0 Å². The Morgan fingerprint density at radius 1 is 0.950 bits per heavy atom. The van der Waals surface area contributed by atoms with Gasteiger partial charge in [0.05, 0.1) is 5.71 Å². The Labute approximate surface area is 127 Å². The molecule has 2 aromatic rings. The summed E-state index contributed by atoms with van der Waals surface area (Å²) in [6.45, 7) is 2.02. The van der Waals surface area contributed by atoms with E-state index in [-0.39, 0.29) is 5.29 Å². The van der Waals surface area contributed by atoms with Crippen LogP contribution in [0.5, 0.6) is 0 Å². The van der Waals surface area contributed by atoms with Gasteiger partial charge in [0.15, 0.2) is 0 Å². The van der Waals surface area contributed by atoms with Gasteiger partial charge in [-0.05, 0) is 24.1 Å². The number of benzene rings is 2. The first-order valence-electron chi connectivity index (χ1n) is 6.26. The van der Waals surface area contributed by atoms with Crippen molar-refractivity contribution in [3.8, 4) is 0 Å². The molecule has 0 saturated carbocycles. The van der Waals surface area contributed by atoms with E-state index in [1.165, 1.54) is 0 Å². The van der Waals surface area contributed by atoms with Gasteiger partial charge < -0.3 is 0 Å². The maximum absolute atomic E-state index is 6.76. The zero-order valence-electron chi connectivity index (χ0n) is 10.8. The quantitative estimate of drug-likeness (QED) is 0.577. The van der Waals surface area contributed by atoms with Crippen molar-refractivity contribution in [2.75, 3.05) is 0 Å². The van der Waals surface area contributed by atoms with Crippen LogP contribution in [0.2, 0.25) is 0 Å². The molecule has 0 fully saturated rings. The van der Waals surface area contributed by atoms with Crippen molar-refractivity contribution in [2.24, 2.45) is 9.98 Å². The molecule has 0 amide bonds. The maximum Gasteiger partial charge on any atom is 0.220 e. The molecule has 0 saturated heterocycles. The first kappa shape index (κ1) is 13.3. The highest BCUT2D eigenvalue weighted by Gasteiger charge is 2.40. The number of nitrogens with zero attached hydrogens (tertiary/aromatic N) is 2. The molecule has 0 N–H and O–H groups in total. The number of rotatable bonds is 2. The van der Waals surface area contributed by atoms with Gasteiger partial charge in [0.25, 0.3) is 0 Å². The van der Waals surface area contributed by atoms with E-state index in [2.05, 4.69) is 9.98 Å². The van der Waals surface area contributed by atoms with Gasteiger partial charge in [-0.3, -0.25) is 0 Å². The van der Waals surface area contributed by atoms with Crippen molar-refractivity contribution in [1.29, 1.82) is 0 Å². The Balaban J connectivity index is 2.17. The summed E-state index contributed by atoms with van der Waals surface area (Å²) in [4.78, 5) is 7.63. The van der Waals surface area contributed by atoms with Gasteiger partial charge >= 0.3 is 0 Å². The fourth-order valence-electron chi connectivity index (χ4n) is 2.31. The van der Waals surface area contributed by atoms with Crippen LogP contribution in [0.15, 0.2) is 64.6 Å². The van der Waals surface area contributed by atoms with E-state index >= 15 is 0 Å². The molecule has 2 aromatic carbocycles. The summed E-state index contributed by atoms with van der Waals surface area (Å²) in [7, 11) is 0. The van der Waals surface area contributed by atoms with Crippen LogP contribution in [-0.2, 0) is 5.00 Å². The third kappa shape index (κ3) is 2.15. The molecule has 0 aromatic heterocycles. The Morgan fingerprint density at radius 2 is 1.60 bits per heavy atom. The Hall–Kier alpha value is -1.64. The second-order valence-electron chi connectivity index (χ2n) is 4.64. The summed E-state index contributed by atoms with van der Waals surface area (Å²) in [5.74, 6) is 0. The molecule has 1 unspecified atom stereocenters. The first-order valence-corrected chi connectivity index (χ1v) is 7.02. The van der Waals surface area contributed by atoms with E-state index in [0.29, 0.717) is 5.71 Å². The molecule has 0 spiro atoms. The highest BCUT2D eigenvalue weighted by Crippen LogP contribution is 2.39. The van der Waals surface area contributed by atoms with E-state index in [0.717, 1.165) is 16.7 Å². The topological polar surface area (TPSA) is 24.7 Å². The Kier molecular flexibility index (Phi) is 3.36. The molecular weight excluding hydrogens is 291 g/mol. The van der Waals surface area contributed by atoms with E-state index in [1.807, 2.05) is 61.5 Å². The summed E-state index contributed by atoms with van der Waals surface area (Å²) < 4.78 is 0. The molecule has 1 aliphatic heterocycles. The predicted octanol–water partition coefficient (Wildman–Crippen LogP) is 4.48. The third-order valence-electron chi connectivity index (χ3n) is 3.32. The first-order chi connectivity index (χ1) is 9.61. The molecule has 0 aliphatic carbocycles. The maximum atomic E-state index is 6.76. The molecule has 100 valence electrons. The second kappa shape index (κ2) is 5.04. The molecule has 2 nitrogen and oxygen atoms in total. The smallest absolute Gasteiger partial charge is 0.220 e. The van der Waals surface area contributed by atoms with Gasteiger partial charge in [-0.15, -0.1) is 0 Å². The summed E-state index contributed by atoms with van der Waals surface area (Å²) in [5.41, 5.74) is 3.59. The van der Waals surface area contributed by atoms with Crippen molar-refractivity contribution < 1.29 is 0 Å². The van der Waals surface area contributed by atoms with Crippen LogP contribution in [0.25, 0.3) is 0 Å². The van der Waals surface area contributed by atoms with Gasteiger partial charge in [0.2, 0.25) is 10.3 Å². The molecule has 0 bridgehead atoms. The number of hydrogen-bond acceptors (Lipinski definition) is 2. The molecule has 1 atom stereocenters. The standard InChI is InChI=1S/C16H12Cl2N2/c1-11-7-5-6-10-13(11)14-16(18,20-15(17)19-14)12-8-3-2-4-9-12/h2-10H,1H3. The Morgan fingerprint density at radius 3 is 2.30 bits per heavy atom. The van der Waals surface area contributed by atoms with Gasteiger partial charge in [-0.25, -0.2) is 9.98 Å². The lowest BCUT2D eigenvalue weighted by Crippen LogP contribution is -2.26. The third-order valence-corrected chi connectivity index (χ3v) is 3.97. The lowest BCUT2D eigenvalue weighted by Gasteiger charge is -2.22. The van der Waals surface area contributed by atoms with Crippen molar-refractivity contribution in [3.05, 3.63) is 71.3 Å². The number of amidine groups is 1. The fraction of sp³-hybridized carbons (Fsp3) is 0.125. The molecular formula is C16H12Cl2N2. The number of aliphatic imine (C=N–C) groups is 2. The molecule has 0 radical (unpaired) electrons. The molecule has 1 aliphatic rings. The average molecular weight is 303 g/mol. The van der Waals surface area contributed by atoms with E-state index in [1.54, 1.807) is 0 Å². The highest BCUT2D eigenvalue weighted by atomic mass is 35.5. The van der Waals surface area contributed by atoms with Gasteiger partial charge in [-0.1, -0.05) is 66.2 Å². The molecule has 1 heterocycles. The summed E-state index contributed by atoms with van der Waals surface area (Å²) in [6.07, 6.45) is 0. The fourth-order valence-corrected chi connectivity index (χ4v) is 2.91. The summed E-state index contributed by atoms with van der Waals surface area (Å²) in [5, 5.41) is 0.183. The van der Waals surface area contributed by atoms with Crippen LogP contribution < -0.4 is 0 Å². The number of halogens is 2. The Bertz CT molecular complexity index is 707. The number of hydrogen-bond donors (Lipinski definition) is 0. The lowest BCUT2D eigenvalue weighted by atomic mass is 9.94. The van der Waals surface area contributed by atoms with Crippen molar-refractivity contribution >= 4 is 34.2 Å². The normalized spacial score (nSPS) is 21.6. The number of aryl methyl sites for hydroxylation is 1. The van der Waals surface area contributed by atoms with E-state index < -0.39 is 5.00 Å². The second-order valence-corrected chi connectivity index (χ2v) is 5.53. The van der Waals surface area contributed by atoms with E-state index in [9.17, 15) is 0 Å². The molecule has 4 heteroatoms. The van der Waals surface area contributed by atoms with Crippen LogP contribution in [0, 0.1) is 6.92 Å². The minimum absolute atomic E-state index is 0.183. The predicted molar refractivity (Wildman–Crippen MR) is 85.0 cm³/mol. The van der Waals surface area contributed by atoms with Crippen LogP contribution in [0.4, 0.5) is 0 Å². The molecule has 3 rings (SSSR count). The monoisotopic (exact) mass is 302 g/mol. The summed E-state index contributed by atoms with van der Waals surface area (Å²) in [6, 6.07) is 17.6. The van der Waals surface area contributed by atoms with Crippen molar-refractivity contribution in [3.63, 3.8) is 0 Å². The van der Waals surface area contributed by atoms with Crippen LogP contribution in [0.3, 0.4) is 0 Å². The van der Waals surface area contributed by atoms with E-state index in [4.69, 9.17) is 23.2 Å². The molecule has 20 heavy (non-hydrogen) atoms. The van der Waals surface area contributed by atoms with Gasteiger partial charge in [0.1, 0.15) is 0 Å². The average Bonchev–Trinajstić information content (AvgIpc) is 2.77. The largest absolute Gasteiger partial charge is 0.221 e. The lowest BCUT2D eigenvalue weighted by molar-refractivity contribution is 0.886. The minimum atomic E-state index is -1.05. The summed E-state index contributed by atoms with van der Waals surface area (Å²) >= 11 is 12.8. The number of alkyl halides is 1. The van der Waals surface area contributed by atoms with Crippen LogP contribution in [0.1, 0.15) is 16.7 Å². The van der Waals surface area contributed by atoms with Gasteiger partial charge in [-0.2, -0.15) is 0 Å². The minimum Gasteiger partial charge on any atom is -0.221 e. The zero-order chi connectivity index (χ0) is 14.2. The van der Waals surface area contributed by atoms with Crippen molar-refractivity contribution in [2.45, 2.75) is 11.9 Å². The zero-order valence-corrected chi connectivity index (χ0v) is 12.4. The van der Waals surface area contributed by atoms with Crippen LogP contribution in [-0.4, -0.2) is 11.0 Å². The van der Waals surface area contributed by atoms with Crippen LogP contribution >= 0.6 is 23.2 Å². The highest BCUT2D eigenvalue weighted by molar-refractivity contribution is 6.67. The SMILES string of the molecule is Cc1ccccc1C1=NC(Cl)=NC1(Cl)c1ccccc1. The van der Waals surface area contributed by atoms with Gasteiger partial charge in [0, 0.05) is 11.1 Å².